The van der Waals surface area contributed by atoms with Gasteiger partial charge in [0.25, 0.3) is 0 Å². The van der Waals surface area contributed by atoms with Gasteiger partial charge in [0.15, 0.2) is 0 Å². The fourth-order valence-electron chi connectivity index (χ4n) is 4.98. The van der Waals surface area contributed by atoms with Crippen LogP contribution in [0.25, 0.3) is 0 Å². The summed E-state index contributed by atoms with van der Waals surface area (Å²) in [7, 11) is 0. The number of hydrogen-bond donors (Lipinski definition) is 1. The maximum absolute atomic E-state index is 12.9. The molecule has 3 fully saturated rings. The van der Waals surface area contributed by atoms with E-state index in [4.69, 9.17) is 0 Å². The number of piperazine rings is 1. The number of rotatable bonds is 4. The average molecular weight is 468 g/mol. The minimum atomic E-state index is -4.31. The van der Waals surface area contributed by atoms with Crippen LogP contribution in [0.15, 0.2) is 24.3 Å². The summed E-state index contributed by atoms with van der Waals surface area (Å²) in [5.74, 6) is 0.736. The second-order valence-corrected chi connectivity index (χ2v) is 8.53. The van der Waals surface area contributed by atoms with E-state index in [1.165, 1.54) is 25.0 Å². The van der Waals surface area contributed by atoms with Crippen LogP contribution in [0.5, 0.6) is 0 Å². The van der Waals surface area contributed by atoms with Crippen LogP contribution < -0.4 is 5.32 Å². The Hall–Kier alpha value is -1.02. The zero-order chi connectivity index (χ0) is 19.7. The molecule has 9 heteroatoms. The van der Waals surface area contributed by atoms with Gasteiger partial charge >= 0.3 is 6.18 Å². The first kappa shape index (κ1) is 25.2. The van der Waals surface area contributed by atoms with Gasteiger partial charge in [-0.3, -0.25) is 9.69 Å². The van der Waals surface area contributed by atoms with Crippen molar-refractivity contribution in [2.75, 3.05) is 26.2 Å². The van der Waals surface area contributed by atoms with Crippen LogP contribution in [0.3, 0.4) is 0 Å². The quantitative estimate of drug-likeness (QED) is 0.723. The van der Waals surface area contributed by atoms with E-state index in [2.05, 4.69) is 10.2 Å². The van der Waals surface area contributed by atoms with Gasteiger partial charge in [0.1, 0.15) is 0 Å². The van der Waals surface area contributed by atoms with Crippen molar-refractivity contribution in [1.29, 1.82) is 0 Å². The predicted octanol–water partition coefficient (Wildman–Crippen LogP) is 4.11. The largest absolute Gasteiger partial charge is 0.416 e. The molecule has 170 valence electrons. The summed E-state index contributed by atoms with van der Waals surface area (Å²) in [4.78, 5) is 16.7. The van der Waals surface area contributed by atoms with Gasteiger partial charge in [-0.25, -0.2) is 0 Å². The molecule has 3 heterocycles. The van der Waals surface area contributed by atoms with Crippen LogP contribution in [0.2, 0.25) is 0 Å². The molecule has 3 saturated heterocycles. The fourth-order valence-corrected chi connectivity index (χ4v) is 4.98. The van der Waals surface area contributed by atoms with Crippen molar-refractivity contribution in [3.8, 4) is 0 Å². The highest BCUT2D eigenvalue weighted by atomic mass is 35.5. The number of alkyl halides is 3. The lowest BCUT2D eigenvalue weighted by Gasteiger charge is -2.36. The minimum absolute atomic E-state index is 0. The molecule has 0 spiro atoms. The lowest BCUT2D eigenvalue weighted by molar-refractivity contribution is -0.138. The number of amides is 1. The van der Waals surface area contributed by atoms with E-state index in [1.807, 2.05) is 4.90 Å². The van der Waals surface area contributed by atoms with Gasteiger partial charge in [0.05, 0.1) is 5.56 Å². The maximum Gasteiger partial charge on any atom is 0.416 e. The molecule has 0 saturated carbocycles. The van der Waals surface area contributed by atoms with Crippen LogP contribution >= 0.6 is 24.8 Å². The molecule has 2 unspecified atom stereocenters. The van der Waals surface area contributed by atoms with Crippen molar-refractivity contribution in [1.82, 2.24) is 15.1 Å². The van der Waals surface area contributed by atoms with Crippen molar-refractivity contribution in [3.05, 3.63) is 35.4 Å². The second-order valence-electron chi connectivity index (χ2n) is 8.53. The molecular formula is C21H30Cl2F3N3O. The summed E-state index contributed by atoms with van der Waals surface area (Å²) in [6.45, 7) is 3.23. The number of piperidine rings is 1. The molecule has 0 aliphatic carbocycles. The number of hydrogen-bond acceptors (Lipinski definition) is 3. The Morgan fingerprint density at radius 3 is 2.27 bits per heavy atom. The third kappa shape index (κ3) is 6.25. The molecule has 2 bridgehead atoms. The summed E-state index contributed by atoms with van der Waals surface area (Å²) in [5.41, 5.74) is 0.0644. The number of nitrogens with zero attached hydrogens (tertiary/aromatic N) is 2. The summed E-state index contributed by atoms with van der Waals surface area (Å²) < 4.78 is 38.6. The first-order valence-corrected chi connectivity index (χ1v) is 10.3. The highest BCUT2D eigenvalue weighted by Crippen LogP contribution is 2.33. The standard InChI is InChI=1S/C21H28F3N3O.2ClH/c22-21(23,24)17-3-1-2-15(10-17)14-26-6-8-27(9-7-26)20(28)13-16-11-18-4-5-19(12-16)25-18;;/h1-3,10,16,18-19,25H,4-9,11-14H2;2*1H. The summed E-state index contributed by atoms with van der Waals surface area (Å²) in [6.07, 6.45) is 1.03. The summed E-state index contributed by atoms with van der Waals surface area (Å²) in [6, 6.07) is 6.72. The molecule has 1 amide bonds. The molecule has 3 aliphatic rings. The van der Waals surface area contributed by atoms with Gasteiger partial charge in [-0.15, -0.1) is 24.8 Å². The number of benzene rings is 1. The zero-order valence-electron chi connectivity index (χ0n) is 16.9. The molecule has 1 aromatic rings. The summed E-state index contributed by atoms with van der Waals surface area (Å²) >= 11 is 0. The van der Waals surface area contributed by atoms with Gasteiger partial charge in [-0.1, -0.05) is 18.2 Å². The van der Waals surface area contributed by atoms with E-state index in [-0.39, 0.29) is 30.7 Å². The smallest absolute Gasteiger partial charge is 0.340 e. The monoisotopic (exact) mass is 467 g/mol. The van der Waals surface area contributed by atoms with Gasteiger partial charge in [0, 0.05) is 51.2 Å². The minimum Gasteiger partial charge on any atom is -0.340 e. The second kappa shape index (κ2) is 10.5. The normalized spacial score (nSPS) is 26.6. The van der Waals surface area contributed by atoms with Gasteiger partial charge < -0.3 is 10.2 Å². The van der Waals surface area contributed by atoms with E-state index in [1.54, 1.807) is 6.07 Å². The van der Waals surface area contributed by atoms with Crippen LogP contribution in [-0.2, 0) is 17.5 Å². The van der Waals surface area contributed by atoms with E-state index in [0.717, 1.165) is 18.9 Å². The number of carbonyl (C=O) groups is 1. The maximum atomic E-state index is 12.9. The first-order chi connectivity index (χ1) is 13.4. The molecule has 2 atom stereocenters. The SMILES string of the molecule is Cl.Cl.O=C(CC1CC2CCC(C1)N2)N1CCN(Cc2cccc(C(F)(F)F)c2)CC1. The van der Waals surface area contributed by atoms with E-state index in [9.17, 15) is 18.0 Å². The molecule has 3 aliphatic heterocycles. The lowest BCUT2D eigenvalue weighted by atomic mass is 9.89. The number of carbonyl (C=O) groups excluding carboxylic acids is 1. The summed E-state index contributed by atoms with van der Waals surface area (Å²) in [5, 5.41) is 3.61. The lowest BCUT2D eigenvalue weighted by Crippen LogP contribution is -2.49. The zero-order valence-corrected chi connectivity index (χ0v) is 18.5. The Labute approximate surface area is 188 Å². The Balaban J connectivity index is 0.00000160. The number of fused-ring (bicyclic) bond motifs is 2. The van der Waals surface area contributed by atoms with Crippen molar-refractivity contribution >= 4 is 30.7 Å². The number of nitrogens with one attached hydrogen (secondary N) is 1. The van der Waals surface area contributed by atoms with Crippen molar-refractivity contribution < 1.29 is 18.0 Å². The van der Waals surface area contributed by atoms with Crippen LogP contribution in [0, 0.1) is 5.92 Å². The van der Waals surface area contributed by atoms with Crippen LogP contribution in [0.4, 0.5) is 13.2 Å². The molecule has 1 aromatic carbocycles. The average Bonchev–Trinajstić information content (AvgIpc) is 3.00. The van der Waals surface area contributed by atoms with Gasteiger partial charge in [-0.05, 0) is 43.2 Å². The predicted molar refractivity (Wildman–Crippen MR) is 115 cm³/mol. The van der Waals surface area contributed by atoms with E-state index < -0.39 is 11.7 Å². The Kier molecular flexibility index (Phi) is 8.86. The topological polar surface area (TPSA) is 35.6 Å². The molecule has 1 N–H and O–H groups in total. The Bertz CT molecular complexity index is 699. The molecule has 4 nitrogen and oxygen atoms in total. The van der Waals surface area contributed by atoms with E-state index >= 15 is 0 Å². The first-order valence-electron chi connectivity index (χ1n) is 10.3. The highest BCUT2D eigenvalue weighted by Gasteiger charge is 2.35. The Morgan fingerprint density at radius 2 is 1.67 bits per heavy atom. The molecule has 0 radical (unpaired) electrons. The molecule has 30 heavy (non-hydrogen) atoms. The Morgan fingerprint density at radius 1 is 1.03 bits per heavy atom. The highest BCUT2D eigenvalue weighted by molar-refractivity contribution is 5.85. The van der Waals surface area contributed by atoms with Crippen molar-refractivity contribution in [2.45, 2.75) is 56.9 Å². The van der Waals surface area contributed by atoms with Gasteiger partial charge in [-0.2, -0.15) is 13.2 Å². The fraction of sp³-hybridized carbons (Fsp3) is 0.667. The van der Waals surface area contributed by atoms with Crippen LogP contribution in [0.1, 0.15) is 43.2 Å². The molecule has 0 aromatic heterocycles. The third-order valence-corrected chi connectivity index (χ3v) is 6.42. The van der Waals surface area contributed by atoms with E-state index in [0.29, 0.717) is 62.7 Å². The third-order valence-electron chi connectivity index (χ3n) is 6.42. The molecule has 4 rings (SSSR count). The number of halogens is 5. The van der Waals surface area contributed by atoms with Gasteiger partial charge in [0.2, 0.25) is 5.91 Å². The van der Waals surface area contributed by atoms with Crippen LogP contribution in [-0.4, -0.2) is 54.0 Å². The molecular weight excluding hydrogens is 438 g/mol. The van der Waals surface area contributed by atoms with Crippen molar-refractivity contribution in [2.24, 2.45) is 5.92 Å². The van der Waals surface area contributed by atoms with Crippen molar-refractivity contribution in [3.63, 3.8) is 0 Å².